The fraction of sp³-hybridized carbons (Fsp3) is 0.0870. The smallest absolute Gasteiger partial charge is 0.231 e. The SMILES string of the molecule is [O-]/[N+](=C\c1cc2c(cc1C#Cc1ccccc1)OCO2)Cc1ccccc1. The van der Waals surface area contributed by atoms with Crippen molar-refractivity contribution in [3.63, 3.8) is 0 Å². The lowest BCUT2D eigenvalue weighted by Crippen LogP contribution is -2.06. The molecular formula is C23H17NO3. The summed E-state index contributed by atoms with van der Waals surface area (Å²) in [5.41, 5.74) is 3.27. The van der Waals surface area contributed by atoms with Gasteiger partial charge in [0, 0.05) is 22.8 Å². The van der Waals surface area contributed by atoms with Crippen LogP contribution < -0.4 is 9.47 Å². The second kappa shape index (κ2) is 7.67. The Morgan fingerprint density at radius 1 is 0.889 bits per heavy atom. The Morgan fingerprint density at radius 3 is 2.30 bits per heavy atom. The molecule has 0 N–H and O–H groups in total. The summed E-state index contributed by atoms with van der Waals surface area (Å²) in [4.78, 5) is 0. The maximum atomic E-state index is 12.4. The highest BCUT2D eigenvalue weighted by molar-refractivity contribution is 5.82. The van der Waals surface area contributed by atoms with E-state index >= 15 is 0 Å². The highest BCUT2D eigenvalue weighted by atomic mass is 16.7. The van der Waals surface area contributed by atoms with E-state index in [2.05, 4.69) is 11.8 Å². The summed E-state index contributed by atoms with van der Waals surface area (Å²) >= 11 is 0. The Balaban J connectivity index is 1.69. The van der Waals surface area contributed by atoms with Crippen molar-refractivity contribution < 1.29 is 14.2 Å². The van der Waals surface area contributed by atoms with Crippen molar-refractivity contribution >= 4 is 6.21 Å². The lowest BCUT2D eigenvalue weighted by molar-refractivity contribution is -0.469. The Bertz CT molecular complexity index is 1030. The van der Waals surface area contributed by atoms with Gasteiger partial charge in [0.05, 0.1) is 5.56 Å². The maximum absolute atomic E-state index is 12.4. The van der Waals surface area contributed by atoms with Crippen molar-refractivity contribution in [2.24, 2.45) is 0 Å². The summed E-state index contributed by atoms with van der Waals surface area (Å²) < 4.78 is 11.8. The van der Waals surface area contributed by atoms with Gasteiger partial charge in [-0.3, -0.25) is 0 Å². The highest BCUT2D eigenvalue weighted by Gasteiger charge is 2.17. The first-order valence-corrected chi connectivity index (χ1v) is 8.61. The zero-order valence-corrected chi connectivity index (χ0v) is 14.6. The Labute approximate surface area is 157 Å². The third-order valence-electron chi connectivity index (χ3n) is 4.12. The van der Waals surface area contributed by atoms with Crippen molar-refractivity contribution in [3.8, 4) is 23.3 Å². The number of hydrogen-bond acceptors (Lipinski definition) is 3. The molecule has 4 nitrogen and oxygen atoms in total. The van der Waals surface area contributed by atoms with Crippen LogP contribution in [-0.2, 0) is 6.54 Å². The number of hydrogen-bond donors (Lipinski definition) is 0. The quantitative estimate of drug-likeness (QED) is 0.235. The van der Waals surface area contributed by atoms with Crippen LogP contribution in [0.5, 0.6) is 11.5 Å². The van der Waals surface area contributed by atoms with Gasteiger partial charge in [-0.25, -0.2) is 4.74 Å². The number of rotatable bonds is 3. The van der Waals surface area contributed by atoms with Crippen LogP contribution in [0.2, 0.25) is 0 Å². The highest BCUT2D eigenvalue weighted by Crippen LogP contribution is 2.34. The minimum atomic E-state index is 0.176. The van der Waals surface area contributed by atoms with Gasteiger partial charge in [0.1, 0.15) is 0 Å². The Kier molecular flexibility index (Phi) is 4.76. The van der Waals surface area contributed by atoms with Gasteiger partial charge in [-0.2, -0.15) is 0 Å². The molecule has 4 rings (SSSR count). The minimum absolute atomic E-state index is 0.176. The van der Waals surface area contributed by atoms with Crippen molar-refractivity contribution in [1.82, 2.24) is 0 Å². The topological polar surface area (TPSA) is 44.5 Å². The summed E-state index contributed by atoms with van der Waals surface area (Å²) in [5, 5.41) is 12.4. The second-order valence-corrected chi connectivity index (χ2v) is 6.10. The molecular weight excluding hydrogens is 338 g/mol. The maximum Gasteiger partial charge on any atom is 0.231 e. The number of hydroxylamine groups is 1. The summed E-state index contributed by atoms with van der Waals surface area (Å²) in [6, 6.07) is 22.9. The lowest BCUT2D eigenvalue weighted by Gasteiger charge is -2.06. The molecule has 0 saturated carbocycles. The van der Waals surface area contributed by atoms with Crippen LogP contribution in [-0.4, -0.2) is 17.7 Å². The van der Waals surface area contributed by atoms with Crippen LogP contribution in [0.1, 0.15) is 22.3 Å². The average Bonchev–Trinajstić information content (AvgIpc) is 3.15. The molecule has 0 radical (unpaired) electrons. The molecule has 0 aromatic heterocycles. The molecule has 27 heavy (non-hydrogen) atoms. The third-order valence-corrected chi connectivity index (χ3v) is 4.12. The van der Waals surface area contributed by atoms with Gasteiger partial charge in [-0.15, -0.1) is 0 Å². The normalized spacial score (nSPS) is 12.4. The molecule has 1 heterocycles. The van der Waals surface area contributed by atoms with Gasteiger partial charge >= 0.3 is 0 Å². The van der Waals surface area contributed by atoms with E-state index < -0.39 is 0 Å². The van der Waals surface area contributed by atoms with Crippen molar-refractivity contribution in [2.75, 3.05) is 6.79 Å². The first-order valence-electron chi connectivity index (χ1n) is 8.61. The molecule has 0 fully saturated rings. The lowest BCUT2D eigenvalue weighted by atomic mass is 10.1. The Morgan fingerprint density at radius 2 is 1.56 bits per heavy atom. The van der Waals surface area contributed by atoms with Gasteiger partial charge in [0.2, 0.25) is 6.79 Å². The fourth-order valence-electron chi connectivity index (χ4n) is 2.80. The van der Waals surface area contributed by atoms with Crippen molar-refractivity contribution in [1.29, 1.82) is 0 Å². The van der Waals surface area contributed by atoms with E-state index in [4.69, 9.17) is 9.47 Å². The van der Waals surface area contributed by atoms with E-state index in [1.807, 2.05) is 66.7 Å². The summed E-state index contributed by atoms with van der Waals surface area (Å²) in [6.07, 6.45) is 1.55. The van der Waals surface area contributed by atoms with Crippen LogP contribution >= 0.6 is 0 Å². The standard InChI is InChI=1S/C23H17NO3/c25-24(15-19-9-5-2-6-10-19)16-21-14-23-22(26-17-27-23)13-20(21)12-11-18-7-3-1-4-8-18/h1-10,13-14,16H,15,17H2/b24-16-. The van der Waals surface area contributed by atoms with E-state index in [0.29, 0.717) is 17.1 Å². The van der Waals surface area contributed by atoms with E-state index in [1.165, 1.54) is 0 Å². The van der Waals surface area contributed by atoms with E-state index in [-0.39, 0.29) is 13.3 Å². The first kappa shape index (κ1) is 16.7. The van der Waals surface area contributed by atoms with Gasteiger partial charge in [0.15, 0.2) is 24.3 Å². The van der Waals surface area contributed by atoms with Gasteiger partial charge < -0.3 is 14.7 Å². The predicted molar refractivity (Wildman–Crippen MR) is 104 cm³/mol. The molecule has 1 aliphatic heterocycles. The molecule has 0 atom stereocenters. The number of nitrogens with zero attached hydrogens (tertiary/aromatic N) is 1. The average molecular weight is 355 g/mol. The monoisotopic (exact) mass is 355 g/mol. The fourth-order valence-corrected chi connectivity index (χ4v) is 2.80. The molecule has 0 unspecified atom stereocenters. The molecule has 132 valence electrons. The predicted octanol–water partition coefficient (Wildman–Crippen LogP) is 3.94. The van der Waals surface area contributed by atoms with E-state index in [1.54, 1.807) is 12.3 Å². The molecule has 0 saturated heterocycles. The van der Waals surface area contributed by atoms with Crippen LogP contribution in [0.25, 0.3) is 0 Å². The van der Waals surface area contributed by atoms with E-state index in [0.717, 1.165) is 21.4 Å². The molecule has 0 bridgehead atoms. The zero-order chi connectivity index (χ0) is 18.5. The Hall–Kier alpha value is -3.71. The number of fused-ring (bicyclic) bond motifs is 1. The van der Waals surface area contributed by atoms with Gasteiger partial charge in [-0.05, 0) is 18.2 Å². The molecule has 4 heteroatoms. The van der Waals surface area contributed by atoms with Gasteiger partial charge in [0.25, 0.3) is 0 Å². The van der Waals surface area contributed by atoms with Crippen LogP contribution in [0, 0.1) is 17.0 Å². The van der Waals surface area contributed by atoms with Crippen LogP contribution in [0.15, 0.2) is 72.8 Å². The molecule has 3 aromatic rings. The van der Waals surface area contributed by atoms with Crippen LogP contribution in [0.3, 0.4) is 0 Å². The summed E-state index contributed by atoms with van der Waals surface area (Å²) in [7, 11) is 0. The van der Waals surface area contributed by atoms with Crippen molar-refractivity contribution in [2.45, 2.75) is 6.54 Å². The zero-order valence-electron chi connectivity index (χ0n) is 14.6. The molecule has 0 aliphatic carbocycles. The third kappa shape index (κ3) is 4.10. The molecule has 0 spiro atoms. The van der Waals surface area contributed by atoms with Crippen molar-refractivity contribution in [3.05, 3.63) is 100 Å². The van der Waals surface area contributed by atoms with Crippen LogP contribution in [0.4, 0.5) is 0 Å². The second-order valence-electron chi connectivity index (χ2n) is 6.10. The largest absolute Gasteiger partial charge is 0.624 e. The molecule has 1 aliphatic rings. The molecule has 0 amide bonds. The number of ether oxygens (including phenoxy) is 2. The first-order chi connectivity index (χ1) is 13.3. The number of benzene rings is 3. The molecule has 3 aromatic carbocycles. The van der Waals surface area contributed by atoms with E-state index in [9.17, 15) is 5.21 Å². The summed E-state index contributed by atoms with van der Waals surface area (Å²) in [6.45, 7) is 0.441. The summed E-state index contributed by atoms with van der Waals surface area (Å²) in [5.74, 6) is 7.54. The van der Waals surface area contributed by atoms with Gasteiger partial charge in [-0.1, -0.05) is 60.4 Å². The minimum Gasteiger partial charge on any atom is -0.624 e.